The summed E-state index contributed by atoms with van der Waals surface area (Å²) >= 11 is 0. The van der Waals surface area contributed by atoms with Crippen molar-refractivity contribution in [2.45, 2.75) is 13.2 Å². The van der Waals surface area contributed by atoms with E-state index in [0.717, 1.165) is 5.69 Å². The van der Waals surface area contributed by atoms with Gasteiger partial charge < -0.3 is 5.11 Å². The predicted molar refractivity (Wildman–Crippen MR) is 50.4 cm³/mol. The molecule has 4 nitrogen and oxygen atoms in total. The molecule has 0 radical (unpaired) electrons. The van der Waals surface area contributed by atoms with Gasteiger partial charge in [0.15, 0.2) is 0 Å². The van der Waals surface area contributed by atoms with Crippen LogP contribution in [0.5, 0.6) is 0 Å². The summed E-state index contributed by atoms with van der Waals surface area (Å²) in [5.74, 6) is 0. The zero-order valence-electron chi connectivity index (χ0n) is 7.75. The molecule has 13 heavy (non-hydrogen) atoms. The van der Waals surface area contributed by atoms with Crippen LogP contribution in [0.25, 0.3) is 0 Å². The quantitative estimate of drug-likeness (QED) is 0.438. The lowest BCUT2D eigenvalue weighted by Gasteiger charge is -2.13. The number of hydrogen-bond acceptors (Lipinski definition) is 3. The van der Waals surface area contributed by atoms with Crippen molar-refractivity contribution in [3.63, 3.8) is 0 Å². The monoisotopic (exact) mass is 179 g/mol. The van der Waals surface area contributed by atoms with E-state index < -0.39 is 6.23 Å². The molecule has 0 saturated carbocycles. The standard InChI is InChI=1S/C9H13N3O/c1-8(13)12(2)11-10-9-6-4-3-5-7-9/h3-8,13H,1-2H3. The lowest BCUT2D eigenvalue weighted by atomic mass is 10.3. The molecule has 1 rings (SSSR count). The summed E-state index contributed by atoms with van der Waals surface area (Å²) in [6, 6.07) is 9.38. The molecule has 0 amide bonds. The molecule has 0 fully saturated rings. The van der Waals surface area contributed by atoms with Crippen LogP contribution in [0.15, 0.2) is 40.7 Å². The van der Waals surface area contributed by atoms with Crippen LogP contribution in [0.2, 0.25) is 0 Å². The first-order chi connectivity index (χ1) is 6.20. The van der Waals surface area contributed by atoms with Gasteiger partial charge in [-0.05, 0) is 19.1 Å². The Hall–Kier alpha value is -1.42. The van der Waals surface area contributed by atoms with Crippen LogP contribution in [0, 0.1) is 0 Å². The van der Waals surface area contributed by atoms with Gasteiger partial charge >= 0.3 is 0 Å². The Morgan fingerprint density at radius 3 is 2.46 bits per heavy atom. The maximum atomic E-state index is 9.07. The number of aliphatic hydroxyl groups is 1. The number of aliphatic hydroxyl groups excluding tert-OH is 1. The van der Waals surface area contributed by atoms with Gasteiger partial charge in [-0.25, -0.2) is 0 Å². The van der Waals surface area contributed by atoms with Crippen LogP contribution >= 0.6 is 0 Å². The molecule has 0 spiro atoms. The van der Waals surface area contributed by atoms with Gasteiger partial charge in [0.05, 0.1) is 5.69 Å². The topological polar surface area (TPSA) is 48.2 Å². The molecule has 1 unspecified atom stereocenters. The van der Waals surface area contributed by atoms with Crippen LogP contribution < -0.4 is 0 Å². The van der Waals surface area contributed by atoms with Crippen molar-refractivity contribution in [2.75, 3.05) is 7.05 Å². The molecule has 0 bridgehead atoms. The first kappa shape index (κ1) is 9.67. The van der Waals surface area contributed by atoms with Crippen molar-refractivity contribution < 1.29 is 5.11 Å². The molecule has 70 valence electrons. The van der Waals surface area contributed by atoms with Gasteiger partial charge in [0.25, 0.3) is 0 Å². The molecule has 4 heteroatoms. The number of benzene rings is 1. The van der Waals surface area contributed by atoms with Crippen molar-refractivity contribution in [2.24, 2.45) is 10.3 Å². The van der Waals surface area contributed by atoms with Gasteiger partial charge in [-0.15, -0.1) is 5.11 Å². The smallest absolute Gasteiger partial charge is 0.141 e. The van der Waals surface area contributed by atoms with E-state index >= 15 is 0 Å². The molecular weight excluding hydrogens is 166 g/mol. The van der Waals surface area contributed by atoms with Crippen LogP contribution in [0.1, 0.15) is 6.92 Å². The van der Waals surface area contributed by atoms with Crippen LogP contribution in [0.4, 0.5) is 5.69 Å². The number of hydrogen-bond donors (Lipinski definition) is 1. The molecule has 1 N–H and O–H groups in total. The second-order valence-electron chi connectivity index (χ2n) is 2.73. The van der Waals surface area contributed by atoms with Gasteiger partial charge in [0, 0.05) is 7.05 Å². The van der Waals surface area contributed by atoms with E-state index in [1.165, 1.54) is 5.01 Å². The Balaban J connectivity index is 2.59. The number of nitrogens with zero attached hydrogens (tertiary/aromatic N) is 3. The van der Waals surface area contributed by atoms with Crippen LogP contribution in [-0.2, 0) is 0 Å². The minimum atomic E-state index is -0.618. The molecule has 1 aromatic carbocycles. The number of rotatable bonds is 3. The summed E-state index contributed by atoms with van der Waals surface area (Å²) in [6.07, 6.45) is -0.618. The van der Waals surface area contributed by atoms with E-state index in [1.807, 2.05) is 30.3 Å². The summed E-state index contributed by atoms with van der Waals surface area (Å²) in [6.45, 7) is 1.63. The van der Waals surface area contributed by atoms with E-state index in [1.54, 1.807) is 14.0 Å². The second-order valence-corrected chi connectivity index (χ2v) is 2.73. The maximum Gasteiger partial charge on any atom is 0.141 e. The largest absolute Gasteiger partial charge is 0.372 e. The normalized spacial score (nSPS) is 13.2. The zero-order chi connectivity index (χ0) is 9.68. The first-order valence-corrected chi connectivity index (χ1v) is 4.08. The van der Waals surface area contributed by atoms with E-state index in [-0.39, 0.29) is 0 Å². The third-order valence-corrected chi connectivity index (χ3v) is 1.60. The van der Waals surface area contributed by atoms with Gasteiger partial charge in [-0.3, -0.25) is 5.01 Å². The predicted octanol–water partition coefficient (Wildman–Crippen LogP) is 1.96. The Morgan fingerprint density at radius 1 is 1.31 bits per heavy atom. The molecule has 1 atom stereocenters. The van der Waals surface area contributed by atoms with Crippen molar-refractivity contribution in [1.29, 1.82) is 0 Å². The molecule has 0 aromatic heterocycles. The lowest BCUT2D eigenvalue weighted by molar-refractivity contribution is 0.0347. The highest BCUT2D eigenvalue weighted by Gasteiger charge is 1.98. The summed E-state index contributed by atoms with van der Waals surface area (Å²) in [5, 5.41) is 18.2. The van der Waals surface area contributed by atoms with E-state index in [9.17, 15) is 0 Å². The Bertz CT molecular complexity index is 271. The molecule has 0 aliphatic carbocycles. The fourth-order valence-corrected chi connectivity index (χ4v) is 0.692. The van der Waals surface area contributed by atoms with Gasteiger partial charge in [-0.2, -0.15) is 0 Å². The highest BCUT2D eigenvalue weighted by Crippen LogP contribution is 2.10. The van der Waals surface area contributed by atoms with Gasteiger partial charge in [-0.1, -0.05) is 23.4 Å². The second kappa shape index (κ2) is 4.57. The summed E-state index contributed by atoms with van der Waals surface area (Å²) in [7, 11) is 1.66. The fourth-order valence-electron chi connectivity index (χ4n) is 0.692. The van der Waals surface area contributed by atoms with Crippen molar-refractivity contribution >= 4 is 5.69 Å². The van der Waals surface area contributed by atoms with E-state index in [2.05, 4.69) is 10.3 Å². The van der Waals surface area contributed by atoms with Gasteiger partial charge in [0.2, 0.25) is 0 Å². The van der Waals surface area contributed by atoms with E-state index in [4.69, 9.17) is 5.11 Å². The molecule has 1 aromatic rings. The minimum absolute atomic E-state index is 0.618. The molecular formula is C9H13N3O. The zero-order valence-corrected chi connectivity index (χ0v) is 7.75. The maximum absolute atomic E-state index is 9.07. The first-order valence-electron chi connectivity index (χ1n) is 4.08. The van der Waals surface area contributed by atoms with Crippen LogP contribution in [0.3, 0.4) is 0 Å². The molecule has 0 aliphatic heterocycles. The third kappa shape index (κ3) is 3.21. The molecule has 0 heterocycles. The average molecular weight is 179 g/mol. The summed E-state index contributed by atoms with van der Waals surface area (Å²) < 4.78 is 0. The highest BCUT2D eigenvalue weighted by molar-refractivity contribution is 5.34. The third-order valence-electron chi connectivity index (χ3n) is 1.60. The van der Waals surface area contributed by atoms with E-state index in [0.29, 0.717) is 0 Å². The minimum Gasteiger partial charge on any atom is -0.372 e. The SMILES string of the molecule is CC(O)N(C)N=Nc1ccccc1. The van der Waals surface area contributed by atoms with Crippen molar-refractivity contribution in [3.05, 3.63) is 30.3 Å². The highest BCUT2D eigenvalue weighted by atomic mass is 16.3. The molecule has 0 aliphatic rings. The van der Waals surface area contributed by atoms with Gasteiger partial charge in [0.1, 0.15) is 6.23 Å². The lowest BCUT2D eigenvalue weighted by Crippen LogP contribution is -2.22. The summed E-state index contributed by atoms with van der Waals surface area (Å²) in [4.78, 5) is 0. The Morgan fingerprint density at radius 2 is 1.92 bits per heavy atom. The average Bonchev–Trinajstić information content (AvgIpc) is 2.15. The fraction of sp³-hybridized carbons (Fsp3) is 0.333. The summed E-state index contributed by atoms with van der Waals surface area (Å²) in [5.41, 5.74) is 0.773. The Labute approximate surface area is 77.5 Å². The van der Waals surface area contributed by atoms with Crippen molar-refractivity contribution in [3.8, 4) is 0 Å². The van der Waals surface area contributed by atoms with Crippen molar-refractivity contribution in [1.82, 2.24) is 5.01 Å². The molecule has 0 saturated heterocycles. The Kier molecular flexibility index (Phi) is 3.40. The van der Waals surface area contributed by atoms with Crippen LogP contribution in [-0.4, -0.2) is 23.4 Å².